The highest BCUT2D eigenvalue weighted by atomic mass is 16.7. The van der Waals surface area contributed by atoms with Crippen LogP contribution in [-0.2, 0) is 14.7 Å². The van der Waals surface area contributed by atoms with E-state index in [1.807, 2.05) is 0 Å². The standard InChI is InChI=1S/C32H31BO2/c1-22-16-18-26-27-19-17-25(33-34-30(2,3)31(4,5)35-33)21-29(27)32(28(26)20-22,23-12-8-6-9-13-23)24-14-10-7-11-15-24/h6-21H,1-5H3. The van der Waals surface area contributed by atoms with E-state index in [1.165, 1.54) is 38.9 Å². The second-order valence-electron chi connectivity index (χ2n) is 10.9. The van der Waals surface area contributed by atoms with Crippen LogP contribution in [0.25, 0.3) is 11.1 Å². The van der Waals surface area contributed by atoms with Crippen LogP contribution in [0.15, 0.2) is 97.1 Å². The van der Waals surface area contributed by atoms with Gasteiger partial charge in [0.05, 0.1) is 16.6 Å². The molecule has 0 radical (unpaired) electrons. The van der Waals surface area contributed by atoms with Crippen molar-refractivity contribution in [2.75, 3.05) is 0 Å². The molecule has 0 aromatic heterocycles. The third kappa shape index (κ3) is 3.18. The molecule has 3 heteroatoms. The van der Waals surface area contributed by atoms with E-state index >= 15 is 0 Å². The van der Waals surface area contributed by atoms with E-state index in [0.29, 0.717) is 0 Å². The Morgan fingerprint density at radius 1 is 0.571 bits per heavy atom. The predicted molar refractivity (Wildman–Crippen MR) is 144 cm³/mol. The lowest BCUT2D eigenvalue weighted by atomic mass is 9.66. The zero-order valence-electron chi connectivity index (χ0n) is 21.1. The Morgan fingerprint density at radius 3 is 1.60 bits per heavy atom. The number of aryl methyl sites for hydroxylation is 1. The maximum absolute atomic E-state index is 6.46. The average Bonchev–Trinajstić information content (AvgIpc) is 3.26. The van der Waals surface area contributed by atoms with Crippen LogP contribution in [0.5, 0.6) is 0 Å². The molecule has 0 bridgehead atoms. The highest BCUT2D eigenvalue weighted by molar-refractivity contribution is 6.62. The molecule has 0 saturated carbocycles. The van der Waals surface area contributed by atoms with E-state index in [1.54, 1.807) is 0 Å². The molecule has 0 spiro atoms. The topological polar surface area (TPSA) is 18.5 Å². The maximum atomic E-state index is 6.46. The van der Waals surface area contributed by atoms with Crippen molar-refractivity contribution in [2.45, 2.75) is 51.2 Å². The summed E-state index contributed by atoms with van der Waals surface area (Å²) in [6.45, 7) is 10.6. The van der Waals surface area contributed by atoms with Gasteiger partial charge in [-0.1, -0.05) is 103 Å². The SMILES string of the molecule is Cc1ccc2c(c1)C(c1ccccc1)(c1ccccc1)c1cc(B3OC(C)(C)C(C)(C)O3)ccc1-2. The number of benzene rings is 4. The first-order valence-electron chi connectivity index (χ1n) is 12.5. The summed E-state index contributed by atoms with van der Waals surface area (Å²) in [4.78, 5) is 0. The first-order valence-corrected chi connectivity index (χ1v) is 12.5. The number of hydrogen-bond donors (Lipinski definition) is 0. The molecule has 0 atom stereocenters. The van der Waals surface area contributed by atoms with Gasteiger partial charge in [0.25, 0.3) is 0 Å². The summed E-state index contributed by atoms with van der Waals surface area (Å²) in [5.41, 5.74) is 8.84. The van der Waals surface area contributed by atoms with E-state index in [2.05, 4.69) is 132 Å². The maximum Gasteiger partial charge on any atom is 0.494 e. The predicted octanol–water partition coefficient (Wildman–Crippen LogP) is 6.66. The minimum atomic E-state index is -0.418. The Balaban J connectivity index is 1.65. The van der Waals surface area contributed by atoms with E-state index in [0.717, 1.165) is 5.46 Å². The minimum Gasteiger partial charge on any atom is -0.399 e. The van der Waals surface area contributed by atoms with Crippen molar-refractivity contribution in [3.8, 4) is 11.1 Å². The molecule has 174 valence electrons. The highest BCUT2D eigenvalue weighted by Crippen LogP contribution is 2.56. The quantitative estimate of drug-likeness (QED) is 0.282. The van der Waals surface area contributed by atoms with Crippen molar-refractivity contribution < 1.29 is 9.31 Å². The van der Waals surface area contributed by atoms with E-state index in [9.17, 15) is 0 Å². The molecule has 1 aliphatic heterocycles. The summed E-state index contributed by atoms with van der Waals surface area (Å²) < 4.78 is 12.9. The third-order valence-corrected chi connectivity index (χ3v) is 8.26. The molecule has 4 aromatic rings. The summed E-state index contributed by atoms with van der Waals surface area (Å²) in [7, 11) is -0.403. The van der Waals surface area contributed by atoms with Crippen LogP contribution >= 0.6 is 0 Å². The summed E-state index contributed by atoms with van der Waals surface area (Å²) in [6.07, 6.45) is 0. The van der Waals surface area contributed by atoms with Crippen molar-refractivity contribution >= 4 is 12.6 Å². The first kappa shape index (κ1) is 22.3. The fourth-order valence-electron chi connectivity index (χ4n) is 5.75. The monoisotopic (exact) mass is 458 g/mol. The van der Waals surface area contributed by atoms with Gasteiger partial charge in [-0.2, -0.15) is 0 Å². The Bertz CT molecular complexity index is 1350. The summed E-state index contributed by atoms with van der Waals surface area (Å²) in [6, 6.07) is 35.4. The fourth-order valence-corrected chi connectivity index (χ4v) is 5.75. The third-order valence-electron chi connectivity index (χ3n) is 8.26. The molecule has 0 amide bonds. The smallest absolute Gasteiger partial charge is 0.399 e. The Labute approximate surface area is 209 Å². The lowest BCUT2D eigenvalue weighted by molar-refractivity contribution is 0.00578. The van der Waals surface area contributed by atoms with E-state index < -0.39 is 12.5 Å². The molecule has 35 heavy (non-hydrogen) atoms. The van der Waals surface area contributed by atoms with Gasteiger partial charge < -0.3 is 9.31 Å². The second-order valence-corrected chi connectivity index (χ2v) is 10.9. The van der Waals surface area contributed by atoms with E-state index in [-0.39, 0.29) is 11.2 Å². The number of hydrogen-bond acceptors (Lipinski definition) is 2. The molecule has 4 aromatic carbocycles. The minimum absolute atomic E-state index is 0.382. The largest absolute Gasteiger partial charge is 0.494 e. The molecule has 1 fully saturated rings. The molecular formula is C32H31BO2. The highest BCUT2D eigenvalue weighted by Gasteiger charge is 2.53. The van der Waals surface area contributed by atoms with Gasteiger partial charge in [0.15, 0.2) is 0 Å². The molecule has 2 nitrogen and oxygen atoms in total. The van der Waals surface area contributed by atoms with Gasteiger partial charge in [-0.05, 0) is 73.5 Å². The van der Waals surface area contributed by atoms with Crippen molar-refractivity contribution in [3.05, 3.63) is 125 Å². The van der Waals surface area contributed by atoms with Crippen LogP contribution in [0.2, 0.25) is 0 Å². The fraction of sp³-hybridized carbons (Fsp3) is 0.250. The average molecular weight is 458 g/mol. The van der Waals surface area contributed by atoms with Crippen LogP contribution in [0.3, 0.4) is 0 Å². The van der Waals surface area contributed by atoms with E-state index in [4.69, 9.17) is 9.31 Å². The molecule has 0 N–H and O–H groups in total. The summed E-state index contributed by atoms with van der Waals surface area (Å²) >= 11 is 0. The number of fused-ring (bicyclic) bond motifs is 3. The normalized spacial score (nSPS) is 18.8. The van der Waals surface area contributed by atoms with Gasteiger partial charge in [-0.25, -0.2) is 0 Å². The van der Waals surface area contributed by atoms with Gasteiger partial charge in [0, 0.05) is 0 Å². The van der Waals surface area contributed by atoms with Crippen LogP contribution in [0.1, 0.15) is 55.5 Å². The molecular weight excluding hydrogens is 427 g/mol. The first-order chi connectivity index (χ1) is 16.7. The van der Waals surface area contributed by atoms with Crippen molar-refractivity contribution in [1.29, 1.82) is 0 Å². The Morgan fingerprint density at radius 2 is 1.06 bits per heavy atom. The zero-order chi connectivity index (χ0) is 24.4. The molecule has 2 aliphatic rings. The van der Waals surface area contributed by atoms with Gasteiger partial charge in [0.2, 0.25) is 0 Å². The van der Waals surface area contributed by atoms with Gasteiger partial charge >= 0.3 is 7.12 Å². The zero-order valence-corrected chi connectivity index (χ0v) is 21.1. The Hall–Kier alpha value is -3.14. The Kier molecular flexibility index (Phi) is 4.90. The van der Waals surface area contributed by atoms with Crippen LogP contribution in [-0.4, -0.2) is 18.3 Å². The second kappa shape index (κ2) is 7.68. The summed E-state index contributed by atoms with van der Waals surface area (Å²) in [5, 5.41) is 0. The van der Waals surface area contributed by atoms with Crippen molar-refractivity contribution in [1.82, 2.24) is 0 Å². The molecule has 1 aliphatic carbocycles. The molecule has 1 saturated heterocycles. The van der Waals surface area contributed by atoms with Crippen LogP contribution < -0.4 is 5.46 Å². The lowest BCUT2D eigenvalue weighted by Gasteiger charge is -2.34. The number of rotatable bonds is 3. The molecule has 1 heterocycles. The lowest BCUT2D eigenvalue weighted by Crippen LogP contribution is -2.41. The summed E-state index contributed by atoms with van der Waals surface area (Å²) in [5.74, 6) is 0. The van der Waals surface area contributed by atoms with Crippen molar-refractivity contribution in [2.24, 2.45) is 0 Å². The van der Waals surface area contributed by atoms with Crippen molar-refractivity contribution in [3.63, 3.8) is 0 Å². The molecule has 0 unspecified atom stereocenters. The molecule has 6 rings (SSSR count). The van der Waals surface area contributed by atoms with Gasteiger partial charge in [0.1, 0.15) is 0 Å². The van der Waals surface area contributed by atoms with Gasteiger partial charge in [-0.15, -0.1) is 0 Å². The van der Waals surface area contributed by atoms with Crippen LogP contribution in [0, 0.1) is 6.92 Å². The van der Waals surface area contributed by atoms with Crippen LogP contribution in [0.4, 0.5) is 0 Å². The van der Waals surface area contributed by atoms with Gasteiger partial charge in [-0.3, -0.25) is 0 Å².